The fraction of sp³-hybridized carbons (Fsp3) is 0.167. The van der Waals surface area contributed by atoms with Crippen molar-refractivity contribution in [1.82, 2.24) is 4.98 Å². The lowest BCUT2D eigenvalue weighted by molar-refractivity contribution is -0.290. The number of ketones is 1. The van der Waals surface area contributed by atoms with Crippen LogP contribution in [-0.2, 0) is 5.92 Å². The number of carbonyl (C=O) groups is 1. The van der Waals surface area contributed by atoms with E-state index >= 15 is 0 Å². The van der Waals surface area contributed by atoms with Crippen LogP contribution in [0.25, 0.3) is 0 Å². The van der Waals surface area contributed by atoms with Crippen molar-refractivity contribution in [3.63, 3.8) is 0 Å². The molecule has 0 spiro atoms. The molecule has 0 aliphatic rings. The Kier molecular flexibility index (Phi) is 4.14. The average molecular weight is 357 g/mol. The van der Waals surface area contributed by atoms with Gasteiger partial charge in [0.15, 0.2) is 5.13 Å². The van der Waals surface area contributed by atoms with E-state index in [4.69, 9.17) is 17.3 Å². The molecule has 0 aliphatic heterocycles. The van der Waals surface area contributed by atoms with E-state index in [2.05, 4.69) is 4.98 Å². The Labute approximate surface area is 129 Å². The lowest BCUT2D eigenvalue weighted by atomic mass is 10.1. The van der Waals surface area contributed by atoms with Gasteiger partial charge in [0, 0.05) is 10.6 Å². The summed E-state index contributed by atoms with van der Waals surface area (Å²) >= 11 is 5.93. The topological polar surface area (TPSA) is 56.0 Å². The summed E-state index contributed by atoms with van der Waals surface area (Å²) in [6, 6.07) is 5.17. The van der Waals surface area contributed by atoms with Crippen LogP contribution in [0.2, 0.25) is 5.02 Å². The van der Waals surface area contributed by atoms with Crippen LogP contribution in [0.15, 0.2) is 24.3 Å². The van der Waals surface area contributed by atoms with Gasteiger partial charge >= 0.3 is 12.1 Å². The predicted molar refractivity (Wildman–Crippen MR) is 71.4 cm³/mol. The molecule has 0 saturated heterocycles. The molecule has 2 rings (SSSR count). The first-order valence-corrected chi connectivity index (χ1v) is 6.75. The number of nitrogen functional groups attached to an aromatic ring is 1. The maximum absolute atomic E-state index is 13.5. The largest absolute Gasteiger partial charge is 0.459 e. The highest BCUT2D eigenvalue weighted by Gasteiger charge is 2.61. The van der Waals surface area contributed by atoms with Gasteiger partial charge in [-0.2, -0.15) is 22.0 Å². The third kappa shape index (κ3) is 2.91. The second-order valence-corrected chi connectivity index (χ2v) is 5.61. The molecular weight excluding hydrogens is 351 g/mol. The van der Waals surface area contributed by atoms with Crippen molar-refractivity contribution in [3.05, 3.63) is 45.4 Å². The zero-order valence-corrected chi connectivity index (χ0v) is 12.0. The number of halogens is 6. The minimum absolute atomic E-state index is 0.132. The molecule has 0 amide bonds. The third-order valence-corrected chi connectivity index (χ3v) is 3.71. The van der Waals surface area contributed by atoms with Crippen LogP contribution in [0.3, 0.4) is 0 Å². The molecule has 22 heavy (non-hydrogen) atoms. The number of anilines is 1. The monoisotopic (exact) mass is 356 g/mol. The summed E-state index contributed by atoms with van der Waals surface area (Å²) in [6.07, 6.45) is -5.89. The fourth-order valence-corrected chi connectivity index (χ4v) is 2.62. The lowest BCUT2D eigenvalue weighted by Gasteiger charge is -2.18. The Balaban J connectivity index is 2.56. The maximum atomic E-state index is 13.5. The van der Waals surface area contributed by atoms with Crippen LogP contribution < -0.4 is 5.73 Å². The van der Waals surface area contributed by atoms with Crippen LogP contribution in [0.4, 0.5) is 27.1 Å². The van der Waals surface area contributed by atoms with Crippen molar-refractivity contribution in [2.24, 2.45) is 0 Å². The maximum Gasteiger partial charge on any atom is 0.459 e. The van der Waals surface area contributed by atoms with Crippen molar-refractivity contribution >= 4 is 33.9 Å². The molecule has 0 aliphatic carbocycles. The Morgan fingerprint density at radius 3 is 2.41 bits per heavy atom. The molecule has 10 heteroatoms. The van der Waals surface area contributed by atoms with Gasteiger partial charge in [-0.1, -0.05) is 35.1 Å². The number of nitrogens with two attached hydrogens (primary N) is 1. The molecular formula is C12H6ClF5N2OS. The summed E-state index contributed by atoms with van der Waals surface area (Å²) in [7, 11) is 0. The number of benzene rings is 1. The molecule has 0 atom stereocenters. The van der Waals surface area contributed by atoms with Gasteiger partial charge in [0.1, 0.15) is 10.6 Å². The van der Waals surface area contributed by atoms with Gasteiger partial charge in [0.2, 0.25) is 5.78 Å². The first-order valence-electron chi connectivity index (χ1n) is 5.55. The molecule has 2 aromatic rings. The normalized spacial score (nSPS) is 12.5. The van der Waals surface area contributed by atoms with Gasteiger partial charge in [0.05, 0.1) is 0 Å². The average Bonchev–Trinajstić information content (AvgIpc) is 2.79. The van der Waals surface area contributed by atoms with Gasteiger partial charge in [-0.25, -0.2) is 4.98 Å². The zero-order chi connectivity index (χ0) is 16.7. The Morgan fingerprint density at radius 1 is 1.23 bits per heavy atom. The van der Waals surface area contributed by atoms with E-state index in [1.54, 1.807) is 0 Å². The summed E-state index contributed by atoms with van der Waals surface area (Å²) in [5.41, 5.74) is 3.35. The Hall–Kier alpha value is -1.74. The Morgan fingerprint density at radius 2 is 1.86 bits per heavy atom. The van der Waals surface area contributed by atoms with Crippen LogP contribution in [-0.4, -0.2) is 16.9 Å². The minimum atomic E-state index is -5.89. The summed E-state index contributed by atoms with van der Waals surface area (Å²) in [5, 5.41) is -0.434. The van der Waals surface area contributed by atoms with E-state index in [9.17, 15) is 26.7 Å². The number of thiazole rings is 1. The molecule has 0 radical (unpaired) electrons. The zero-order valence-electron chi connectivity index (χ0n) is 10.4. The second-order valence-electron chi connectivity index (χ2n) is 4.14. The molecule has 1 aromatic carbocycles. The number of nitrogens with zero attached hydrogens (tertiary/aromatic N) is 1. The SMILES string of the molecule is Nc1nc(C(F)(F)C(F)(F)F)c(C(=O)c2cccc(Cl)c2)s1. The third-order valence-electron chi connectivity index (χ3n) is 2.59. The van der Waals surface area contributed by atoms with E-state index in [1.807, 2.05) is 0 Å². The molecule has 2 N–H and O–H groups in total. The molecule has 1 heterocycles. The van der Waals surface area contributed by atoms with E-state index in [0.717, 1.165) is 6.07 Å². The van der Waals surface area contributed by atoms with E-state index in [0.29, 0.717) is 0 Å². The Bertz CT molecular complexity index is 729. The van der Waals surface area contributed by atoms with Gasteiger partial charge in [-0.05, 0) is 12.1 Å². The van der Waals surface area contributed by atoms with Gasteiger partial charge in [-0.3, -0.25) is 4.79 Å². The highest BCUT2D eigenvalue weighted by molar-refractivity contribution is 7.17. The highest BCUT2D eigenvalue weighted by atomic mass is 35.5. The van der Waals surface area contributed by atoms with Crippen LogP contribution in [0, 0.1) is 0 Å². The van der Waals surface area contributed by atoms with E-state index in [1.165, 1.54) is 18.2 Å². The molecule has 1 aromatic heterocycles. The summed E-state index contributed by atoms with van der Waals surface area (Å²) in [5.74, 6) is -6.35. The minimum Gasteiger partial charge on any atom is -0.375 e. The molecule has 3 nitrogen and oxygen atoms in total. The van der Waals surface area contributed by atoms with Gasteiger partial charge in [-0.15, -0.1) is 0 Å². The standard InChI is InChI=1S/C12H6ClF5N2OS/c13-6-3-1-2-5(4-6)7(21)8-9(20-10(19)22-8)11(14,15)12(16,17)18/h1-4H,(H2,19,20). The van der Waals surface area contributed by atoms with Crippen molar-refractivity contribution in [3.8, 4) is 0 Å². The van der Waals surface area contributed by atoms with Crippen molar-refractivity contribution < 1.29 is 26.7 Å². The number of rotatable bonds is 3. The van der Waals surface area contributed by atoms with Gasteiger partial charge in [0.25, 0.3) is 0 Å². The molecule has 0 fully saturated rings. The quantitative estimate of drug-likeness (QED) is 0.660. The summed E-state index contributed by atoms with van der Waals surface area (Å²) in [4.78, 5) is 14.3. The number of hydrogen-bond acceptors (Lipinski definition) is 4. The van der Waals surface area contributed by atoms with E-state index < -0.39 is 33.6 Å². The second kappa shape index (κ2) is 5.47. The van der Waals surface area contributed by atoms with Crippen LogP contribution >= 0.6 is 22.9 Å². The first-order chi connectivity index (χ1) is 10.0. The smallest absolute Gasteiger partial charge is 0.375 e. The summed E-state index contributed by atoms with van der Waals surface area (Å²) < 4.78 is 64.4. The van der Waals surface area contributed by atoms with Crippen LogP contribution in [0.1, 0.15) is 20.9 Å². The highest BCUT2D eigenvalue weighted by Crippen LogP contribution is 2.46. The van der Waals surface area contributed by atoms with Crippen molar-refractivity contribution in [2.75, 3.05) is 5.73 Å². The molecule has 0 bridgehead atoms. The lowest BCUT2D eigenvalue weighted by Crippen LogP contribution is -2.35. The molecule has 118 valence electrons. The van der Waals surface area contributed by atoms with E-state index in [-0.39, 0.29) is 21.9 Å². The number of carbonyl (C=O) groups excluding carboxylic acids is 1. The van der Waals surface area contributed by atoms with Crippen LogP contribution in [0.5, 0.6) is 0 Å². The number of hydrogen-bond donors (Lipinski definition) is 1. The van der Waals surface area contributed by atoms with Crippen molar-refractivity contribution in [2.45, 2.75) is 12.1 Å². The molecule has 0 unspecified atom stereocenters. The number of aromatic nitrogens is 1. The predicted octanol–water partition coefficient (Wildman–Crippen LogP) is 4.26. The summed E-state index contributed by atoms with van der Waals surface area (Å²) in [6.45, 7) is 0. The van der Waals surface area contributed by atoms with Crippen molar-refractivity contribution in [1.29, 1.82) is 0 Å². The number of alkyl halides is 5. The van der Waals surface area contributed by atoms with Gasteiger partial charge < -0.3 is 5.73 Å². The first kappa shape index (κ1) is 16.6. The molecule has 0 saturated carbocycles. The fourth-order valence-electron chi connectivity index (χ4n) is 1.60.